The molecule has 2 atom stereocenters. The third kappa shape index (κ3) is 2.55. The molecule has 0 spiro atoms. The van der Waals surface area contributed by atoms with Gasteiger partial charge in [-0.2, -0.15) is 0 Å². The number of anilines is 1. The van der Waals surface area contributed by atoms with Crippen LogP contribution >= 0.6 is 0 Å². The molecule has 1 aromatic rings. The minimum absolute atomic E-state index is 0.194. The molecule has 2 rings (SSSR count). The van der Waals surface area contributed by atoms with E-state index < -0.39 is 5.97 Å². The summed E-state index contributed by atoms with van der Waals surface area (Å²) in [5, 5.41) is 18.3. The van der Waals surface area contributed by atoms with E-state index in [1.165, 1.54) is 6.20 Å². The maximum absolute atomic E-state index is 10.7. The van der Waals surface area contributed by atoms with Crippen LogP contribution in [0.15, 0.2) is 18.3 Å². The van der Waals surface area contributed by atoms with Crippen LogP contribution in [0.3, 0.4) is 0 Å². The Hall–Kier alpha value is -1.62. The van der Waals surface area contributed by atoms with E-state index in [9.17, 15) is 9.90 Å². The number of rotatable bonds is 3. The van der Waals surface area contributed by atoms with Crippen LogP contribution in [0.5, 0.6) is 0 Å². The summed E-state index contributed by atoms with van der Waals surface area (Å²) in [7, 11) is 0. The number of hydrogen-bond acceptors (Lipinski definition) is 4. The van der Waals surface area contributed by atoms with Crippen molar-refractivity contribution in [1.82, 2.24) is 4.98 Å². The van der Waals surface area contributed by atoms with E-state index in [1.54, 1.807) is 19.1 Å². The second-order valence-electron chi connectivity index (χ2n) is 4.45. The standard InChI is InChI=1S/C12H16N2O3/c1-8(15)10-4-5-14(7-10)11-3-2-9(6-13-11)12(16)17/h2-3,6,8,10,15H,4-5,7H2,1H3,(H,16,17)/t8-,10+/m0/s1. The van der Waals surface area contributed by atoms with Crippen molar-refractivity contribution in [1.29, 1.82) is 0 Å². The summed E-state index contributed by atoms with van der Waals surface area (Å²) in [5.41, 5.74) is 0.194. The number of pyridine rings is 1. The number of carboxylic acid groups (broad SMARTS) is 1. The lowest BCUT2D eigenvalue weighted by atomic mass is 10.0. The molecular formula is C12H16N2O3. The molecule has 17 heavy (non-hydrogen) atoms. The lowest BCUT2D eigenvalue weighted by molar-refractivity contribution is 0.0696. The van der Waals surface area contributed by atoms with Crippen LogP contribution in [0, 0.1) is 5.92 Å². The molecule has 0 saturated carbocycles. The van der Waals surface area contributed by atoms with Gasteiger partial charge in [-0.15, -0.1) is 0 Å². The number of nitrogens with zero attached hydrogens (tertiary/aromatic N) is 2. The molecule has 1 fully saturated rings. The smallest absolute Gasteiger partial charge is 0.337 e. The van der Waals surface area contributed by atoms with Crippen LogP contribution in [0.1, 0.15) is 23.7 Å². The van der Waals surface area contributed by atoms with Gasteiger partial charge in [0.05, 0.1) is 11.7 Å². The molecule has 2 N–H and O–H groups in total. The van der Waals surface area contributed by atoms with Crippen LogP contribution < -0.4 is 4.90 Å². The Balaban J connectivity index is 2.06. The number of aliphatic hydroxyl groups excluding tert-OH is 1. The van der Waals surface area contributed by atoms with Gasteiger partial charge in [0.25, 0.3) is 0 Å². The number of hydrogen-bond donors (Lipinski definition) is 2. The molecule has 5 nitrogen and oxygen atoms in total. The monoisotopic (exact) mass is 236 g/mol. The summed E-state index contributed by atoms with van der Waals surface area (Å²) in [6, 6.07) is 3.27. The maximum Gasteiger partial charge on any atom is 0.337 e. The first-order valence-corrected chi connectivity index (χ1v) is 5.70. The second kappa shape index (κ2) is 4.71. The molecule has 0 bridgehead atoms. The van der Waals surface area contributed by atoms with Gasteiger partial charge in [0.1, 0.15) is 5.82 Å². The van der Waals surface area contributed by atoms with E-state index in [0.717, 1.165) is 25.3 Å². The summed E-state index contributed by atoms with van der Waals surface area (Å²) >= 11 is 0. The third-order valence-electron chi connectivity index (χ3n) is 3.23. The average Bonchev–Trinajstić information content (AvgIpc) is 2.78. The predicted octanol–water partition coefficient (Wildman–Crippen LogP) is 0.987. The van der Waals surface area contributed by atoms with Gasteiger partial charge in [0, 0.05) is 25.2 Å². The van der Waals surface area contributed by atoms with Gasteiger partial charge in [-0.1, -0.05) is 0 Å². The quantitative estimate of drug-likeness (QED) is 0.818. The van der Waals surface area contributed by atoms with Gasteiger partial charge in [-0.05, 0) is 25.5 Å². The van der Waals surface area contributed by atoms with Crippen LogP contribution in [-0.4, -0.2) is 40.4 Å². The van der Waals surface area contributed by atoms with E-state index >= 15 is 0 Å². The highest BCUT2D eigenvalue weighted by molar-refractivity contribution is 5.87. The highest BCUT2D eigenvalue weighted by atomic mass is 16.4. The van der Waals surface area contributed by atoms with Gasteiger partial charge in [-0.3, -0.25) is 0 Å². The molecule has 0 unspecified atom stereocenters. The molecule has 0 aromatic carbocycles. The molecule has 0 amide bonds. The van der Waals surface area contributed by atoms with Crippen LogP contribution in [0.2, 0.25) is 0 Å². The maximum atomic E-state index is 10.7. The summed E-state index contributed by atoms with van der Waals surface area (Å²) in [4.78, 5) is 16.9. The SMILES string of the molecule is C[C@H](O)[C@@H]1CCN(c2ccc(C(=O)O)cn2)C1. The normalized spacial score (nSPS) is 21.5. The average molecular weight is 236 g/mol. The highest BCUT2D eigenvalue weighted by Gasteiger charge is 2.26. The molecule has 1 aliphatic heterocycles. The van der Waals surface area contributed by atoms with Crippen molar-refractivity contribution in [3.8, 4) is 0 Å². The van der Waals surface area contributed by atoms with E-state index in [2.05, 4.69) is 9.88 Å². The zero-order chi connectivity index (χ0) is 12.4. The van der Waals surface area contributed by atoms with Crippen molar-refractivity contribution in [2.75, 3.05) is 18.0 Å². The molecular weight excluding hydrogens is 220 g/mol. The van der Waals surface area contributed by atoms with Crippen molar-refractivity contribution < 1.29 is 15.0 Å². The Kier molecular flexibility index (Phi) is 3.28. The molecule has 1 aliphatic rings. The van der Waals surface area contributed by atoms with Gasteiger partial charge in [-0.25, -0.2) is 9.78 Å². The van der Waals surface area contributed by atoms with Crippen molar-refractivity contribution in [3.05, 3.63) is 23.9 Å². The lowest BCUT2D eigenvalue weighted by Gasteiger charge is -2.18. The summed E-state index contributed by atoms with van der Waals surface area (Å²) in [6.07, 6.45) is 2.01. The van der Waals surface area contributed by atoms with E-state index in [4.69, 9.17) is 5.11 Å². The zero-order valence-corrected chi connectivity index (χ0v) is 9.71. The lowest BCUT2D eigenvalue weighted by Crippen LogP contribution is -2.24. The summed E-state index contributed by atoms with van der Waals surface area (Å²) < 4.78 is 0. The molecule has 0 aliphatic carbocycles. The summed E-state index contributed by atoms with van der Waals surface area (Å²) in [6.45, 7) is 3.43. The van der Waals surface area contributed by atoms with Gasteiger partial charge < -0.3 is 15.1 Å². The molecule has 1 aromatic heterocycles. The van der Waals surface area contributed by atoms with Gasteiger partial charge in [0.15, 0.2) is 0 Å². The predicted molar refractivity (Wildman–Crippen MR) is 63.2 cm³/mol. The number of carboxylic acids is 1. The second-order valence-corrected chi connectivity index (χ2v) is 4.45. The largest absolute Gasteiger partial charge is 0.478 e. The van der Waals surface area contributed by atoms with Gasteiger partial charge in [0.2, 0.25) is 0 Å². The van der Waals surface area contributed by atoms with E-state index in [0.29, 0.717) is 0 Å². The number of aromatic nitrogens is 1. The fourth-order valence-corrected chi connectivity index (χ4v) is 2.09. The van der Waals surface area contributed by atoms with Crippen molar-refractivity contribution >= 4 is 11.8 Å². The van der Waals surface area contributed by atoms with Gasteiger partial charge >= 0.3 is 5.97 Å². The van der Waals surface area contributed by atoms with E-state index in [-0.39, 0.29) is 17.6 Å². The van der Waals surface area contributed by atoms with Crippen LogP contribution in [0.4, 0.5) is 5.82 Å². The molecule has 2 heterocycles. The van der Waals surface area contributed by atoms with Crippen LogP contribution in [0.25, 0.3) is 0 Å². The topological polar surface area (TPSA) is 73.7 Å². The third-order valence-corrected chi connectivity index (χ3v) is 3.23. The fraction of sp³-hybridized carbons (Fsp3) is 0.500. The zero-order valence-electron chi connectivity index (χ0n) is 9.71. The van der Waals surface area contributed by atoms with Crippen molar-refractivity contribution in [2.45, 2.75) is 19.4 Å². The Labute approximate surface area is 99.7 Å². The number of aromatic carboxylic acids is 1. The number of aliphatic hydroxyl groups is 1. The minimum atomic E-state index is -0.965. The van der Waals surface area contributed by atoms with Crippen molar-refractivity contribution in [2.24, 2.45) is 5.92 Å². The molecule has 92 valence electrons. The van der Waals surface area contributed by atoms with Crippen molar-refractivity contribution in [3.63, 3.8) is 0 Å². The first-order chi connectivity index (χ1) is 8.08. The molecule has 1 saturated heterocycles. The highest BCUT2D eigenvalue weighted by Crippen LogP contribution is 2.24. The molecule has 0 radical (unpaired) electrons. The first kappa shape index (κ1) is 11.9. The Morgan fingerprint density at radius 3 is 2.82 bits per heavy atom. The fourth-order valence-electron chi connectivity index (χ4n) is 2.09. The summed E-state index contributed by atoms with van der Waals surface area (Å²) in [5.74, 6) is 0.0847. The molecule has 5 heteroatoms. The van der Waals surface area contributed by atoms with E-state index in [1.807, 2.05) is 0 Å². The minimum Gasteiger partial charge on any atom is -0.478 e. The van der Waals surface area contributed by atoms with Crippen LogP contribution in [-0.2, 0) is 0 Å². The Morgan fingerprint density at radius 2 is 2.35 bits per heavy atom. The first-order valence-electron chi connectivity index (χ1n) is 5.70. The Bertz CT molecular complexity index is 403. The Morgan fingerprint density at radius 1 is 1.59 bits per heavy atom. The number of carbonyl (C=O) groups is 1.